The van der Waals surface area contributed by atoms with E-state index in [1.165, 1.54) is 37.4 Å². The first-order chi connectivity index (χ1) is 13.6. The fourth-order valence-corrected chi connectivity index (χ4v) is 3.40. The van der Waals surface area contributed by atoms with Gasteiger partial charge in [0.05, 0.1) is 30.8 Å². The van der Waals surface area contributed by atoms with E-state index < -0.39 is 28.4 Å². The zero-order valence-corrected chi connectivity index (χ0v) is 17.1. The highest BCUT2D eigenvalue weighted by Crippen LogP contribution is 2.32. The molecule has 0 aromatic heterocycles. The lowest BCUT2D eigenvalue weighted by Gasteiger charge is -2.23. The summed E-state index contributed by atoms with van der Waals surface area (Å²) >= 11 is 5.95. The summed E-state index contributed by atoms with van der Waals surface area (Å²) in [4.78, 5) is 23.4. The minimum Gasteiger partial charge on any atom is -0.495 e. The van der Waals surface area contributed by atoms with Gasteiger partial charge in [-0.25, -0.2) is 18.6 Å². The molecule has 0 aliphatic heterocycles. The molecule has 0 saturated heterocycles. The summed E-state index contributed by atoms with van der Waals surface area (Å²) in [6, 6.07) is 10.4. The van der Waals surface area contributed by atoms with Crippen LogP contribution < -0.4 is 14.5 Å². The summed E-state index contributed by atoms with van der Waals surface area (Å²) in [7, 11) is -2.49. The highest BCUT2D eigenvalue weighted by atomic mass is 35.5. The number of ether oxygens (including phenoxy) is 1. The molecule has 29 heavy (non-hydrogen) atoms. The predicted octanol–water partition coefficient (Wildman–Crippen LogP) is 1.96. The molecule has 2 aromatic rings. The number of nitrogens with one attached hydrogen (secondary N) is 1. The van der Waals surface area contributed by atoms with Crippen LogP contribution >= 0.6 is 11.6 Å². The molecule has 2 rings (SSSR count). The van der Waals surface area contributed by atoms with Crippen molar-refractivity contribution >= 4 is 45.4 Å². The maximum atomic E-state index is 12.2. The molecule has 0 heterocycles. The van der Waals surface area contributed by atoms with Crippen LogP contribution in [0.2, 0.25) is 5.02 Å². The number of benzene rings is 2. The van der Waals surface area contributed by atoms with Crippen molar-refractivity contribution in [2.24, 2.45) is 5.10 Å². The average molecular weight is 440 g/mol. The van der Waals surface area contributed by atoms with Crippen molar-refractivity contribution in [3.05, 3.63) is 58.6 Å². The van der Waals surface area contributed by atoms with Crippen molar-refractivity contribution in [2.75, 3.05) is 24.2 Å². The number of hydrogen-bond acceptors (Lipinski definition) is 6. The molecule has 0 saturated carbocycles. The topological polar surface area (TPSA) is 125 Å². The smallest absolute Gasteiger partial charge is 0.336 e. The lowest BCUT2D eigenvalue weighted by molar-refractivity contribution is -0.119. The Morgan fingerprint density at radius 1 is 1.28 bits per heavy atom. The van der Waals surface area contributed by atoms with Crippen molar-refractivity contribution in [3.63, 3.8) is 0 Å². The van der Waals surface area contributed by atoms with Gasteiger partial charge in [0, 0.05) is 10.6 Å². The number of aromatic carboxylic acids is 1. The fraction of sp³-hybridized carbons (Fsp3) is 0.167. The van der Waals surface area contributed by atoms with Crippen LogP contribution in [0.25, 0.3) is 0 Å². The van der Waals surface area contributed by atoms with Gasteiger partial charge < -0.3 is 9.84 Å². The van der Waals surface area contributed by atoms with Crippen LogP contribution in [0, 0.1) is 0 Å². The minimum atomic E-state index is -3.85. The third-order valence-corrected chi connectivity index (χ3v) is 5.04. The Kier molecular flexibility index (Phi) is 7.18. The van der Waals surface area contributed by atoms with E-state index in [0.29, 0.717) is 0 Å². The van der Waals surface area contributed by atoms with E-state index in [0.717, 1.165) is 16.8 Å². The molecular weight excluding hydrogens is 422 g/mol. The summed E-state index contributed by atoms with van der Waals surface area (Å²) in [6.07, 6.45) is 2.10. The number of methoxy groups -OCH3 is 1. The van der Waals surface area contributed by atoms with Crippen LogP contribution in [0.1, 0.15) is 15.9 Å². The number of anilines is 1. The van der Waals surface area contributed by atoms with Gasteiger partial charge in [-0.3, -0.25) is 9.10 Å². The van der Waals surface area contributed by atoms with Gasteiger partial charge in [0.25, 0.3) is 5.91 Å². The second-order valence-corrected chi connectivity index (χ2v) is 8.11. The van der Waals surface area contributed by atoms with Crippen molar-refractivity contribution in [2.45, 2.75) is 0 Å². The lowest BCUT2D eigenvalue weighted by atomic mass is 10.1. The molecule has 0 atom stereocenters. The van der Waals surface area contributed by atoms with Gasteiger partial charge in [0.1, 0.15) is 12.3 Å². The number of carboxylic acids is 1. The number of hydrazone groups is 1. The van der Waals surface area contributed by atoms with E-state index in [2.05, 4.69) is 10.5 Å². The van der Waals surface area contributed by atoms with Gasteiger partial charge in [0.15, 0.2) is 0 Å². The standard InChI is InChI=1S/C18H18ClN3O6S/c1-28-16-8-7-13(19)9-15(16)22(29(2,26)27)11-17(23)21-20-10-12-5-3-4-6-14(12)18(24)25/h3-10H,11H2,1-2H3,(H,21,23)(H,24,25)/b20-10-. The maximum absolute atomic E-state index is 12.2. The normalized spacial score (nSPS) is 11.3. The van der Waals surface area contributed by atoms with Crippen LogP contribution in [0.4, 0.5) is 5.69 Å². The van der Waals surface area contributed by atoms with Crippen LogP contribution in [0.5, 0.6) is 5.75 Å². The first-order valence-electron chi connectivity index (χ1n) is 8.09. The largest absolute Gasteiger partial charge is 0.495 e. The van der Waals surface area contributed by atoms with E-state index >= 15 is 0 Å². The highest BCUT2D eigenvalue weighted by Gasteiger charge is 2.24. The molecule has 9 nitrogen and oxygen atoms in total. The zero-order chi connectivity index (χ0) is 21.6. The monoisotopic (exact) mass is 439 g/mol. The predicted molar refractivity (Wildman–Crippen MR) is 109 cm³/mol. The lowest BCUT2D eigenvalue weighted by Crippen LogP contribution is -2.39. The Balaban J connectivity index is 2.21. The van der Waals surface area contributed by atoms with Gasteiger partial charge >= 0.3 is 5.97 Å². The first kappa shape index (κ1) is 22.2. The van der Waals surface area contributed by atoms with E-state index in [4.69, 9.17) is 21.4 Å². The second kappa shape index (κ2) is 9.39. The second-order valence-electron chi connectivity index (χ2n) is 5.77. The number of sulfonamides is 1. The first-order valence-corrected chi connectivity index (χ1v) is 10.3. The number of halogens is 1. The number of amides is 1. The van der Waals surface area contributed by atoms with Crippen LogP contribution in [0.15, 0.2) is 47.6 Å². The SMILES string of the molecule is COc1ccc(Cl)cc1N(CC(=O)N/N=C\c1ccccc1C(=O)O)S(C)(=O)=O. The van der Waals surface area contributed by atoms with Crippen LogP contribution in [0.3, 0.4) is 0 Å². The summed E-state index contributed by atoms with van der Waals surface area (Å²) in [6.45, 7) is -0.590. The van der Waals surface area contributed by atoms with Crippen molar-refractivity contribution in [1.29, 1.82) is 0 Å². The number of hydrogen-bond donors (Lipinski definition) is 2. The van der Waals surface area contributed by atoms with Crippen LogP contribution in [-0.4, -0.2) is 51.5 Å². The van der Waals surface area contributed by atoms with Crippen LogP contribution in [-0.2, 0) is 14.8 Å². The Labute approximate surface area is 172 Å². The molecule has 154 valence electrons. The van der Waals surface area contributed by atoms with Gasteiger partial charge in [-0.2, -0.15) is 5.10 Å². The molecule has 1 amide bonds. The zero-order valence-electron chi connectivity index (χ0n) is 15.5. The number of carbonyl (C=O) groups excluding carboxylic acids is 1. The van der Waals surface area contributed by atoms with Gasteiger partial charge in [-0.15, -0.1) is 0 Å². The quantitative estimate of drug-likeness (QED) is 0.478. The molecule has 0 aliphatic rings. The Hall–Kier alpha value is -3.11. The maximum Gasteiger partial charge on any atom is 0.336 e. The molecule has 11 heteroatoms. The molecule has 0 bridgehead atoms. The van der Waals surface area contributed by atoms with Crippen molar-refractivity contribution in [3.8, 4) is 5.75 Å². The fourth-order valence-electron chi connectivity index (χ4n) is 2.38. The number of rotatable bonds is 8. The molecule has 0 fully saturated rings. The van der Waals surface area contributed by atoms with E-state index in [1.807, 2.05) is 0 Å². The Morgan fingerprint density at radius 3 is 2.59 bits per heavy atom. The minimum absolute atomic E-state index is 0.00641. The summed E-state index contributed by atoms with van der Waals surface area (Å²) < 4.78 is 30.4. The van der Waals surface area contributed by atoms with Gasteiger partial charge in [0.2, 0.25) is 10.0 Å². The molecule has 0 spiro atoms. The van der Waals surface area contributed by atoms with Gasteiger partial charge in [-0.1, -0.05) is 29.8 Å². The summed E-state index contributed by atoms with van der Waals surface area (Å²) in [5.41, 5.74) is 2.56. The van der Waals surface area contributed by atoms with E-state index in [1.54, 1.807) is 12.1 Å². The molecule has 0 unspecified atom stereocenters. The third kappa shape index (κ3) is 5.93. The molecule has 0 radical (unpaired) electrons. The van der Waals surface area contributed by atoms with Crippen molar-refractivity contribution in [1.82, 2.24) is 5.43 Å². The molecular formula is C18H18ClN3O6S. The Morgan fingerprint density at radius 2 is 1.97 bits per heavy atom. The van der Waals surface area contributed by atoms with E-state index in [-0.39, 0.29) is 27.6 Å². The molecule has 2 aromatic carbocycles. The third-order valence-electron chi connectivity index (χ3n) is 3.68. The highest BCUT2D eigenvalue weighted by molar-refractivity contribution is 7.92. The van der Waals surface area contributed by atoms with Crippen molar-refractivity contribution < 1.29 is 27.9 Å². The van der Waals surface area contributed by atoms with Gasteiger partial charge in [-0.05, 0) is 24.3 Å². The van der Waals surface area contributed by atoms with E-state index in [9.17, 15) is 18.0 Å². The average Bonchev–Trinajstić information content (AvgIpc) is 2.65. The number of nitrogens with zero attached hydrogens (tertiary/aromatic N) is 2. The molecule has 0 aliphatic carbocycles. The number of carboxylic acid groups (broad SMARTS) is 1. The summed E-state index contributed by atoms with van der Waals surface area (Å²) in [5.74, 6) is -1.68. The Bertz CT molecular complexity index is 1060. The summed E-state index contributed by atoms with van der Waals surface area (Å²) in [5, 5.41) is 13.1. The molecule has 2 N–H and O–H groups in total. The number of carbonyl (C=O) groups is 2.